The molecule has 19 heavy (non-hydrogen) atoms. The quantitative estimate of drug-likeness (QED) is 0.881. The number of aliphatic hydroxyl groups is 1. The van der Waals surface area contributed by atoms with E-state index in [9.17, 15) is 5.11 Å². The molecular weight excluding hydrogens is 351 g/mol. The molecule has 1 aromatic carbocycles. The molecule has 0 saturated heterocycles. The lowest BCUT2D eigenvalue weighted by atomic mass is 10.1. The van der Waals surface area contributed by atoms with Crippen LogP contribution in [0.4, 0.5) is 0 Å². The first-order chi connectivity index (χ1) is 9.02. The Hall–Kier alpha value is -0.550. The fourth-order valence-corrected chi connectivity index (χ4v) is 2.99. The predicted octanol–water partition coefficient (Wildman–Crippen LogP) is 4.25. The third-order valence-electron chi connectivity index (χ3n) is 2.88. The van der Waals surface area contributed by atoms with E-state index >= 15 is 0 Å². The SMILES string of the molecule is CCn1ncc(Br)c1C(O)Cc1ccc(Cl)cc1Cl. The molecule has 3 nitrogen and oxygen atoms in total. The Morgan fingerprint density at radius 1 is 1.42 bits per heavy atom. The maximum atomic E-state index is 10.4. The highest BCUT2D eigenvalue weighted by molar-refractivity contribution is 9.10. The molecule has 2 aromatic rings. The molecule has 0 fully saturated rings. The van der Waals surface area contributed by atoms with Crippen molar-refractivity contribution in [3.8, 4) is 0 Å². The van der Waals surface area contributed by atoms with E-state index in [1.54, 1.807) is 23.0 Å². The van der Waals surface area contributed by atoms with Crippen molar-refractivity contribution in [2.45, 2.75) is 26.0 Å². The van der Waals surface area contributed by atoms with Crippen LogP contribution in [0.15, 0.2) is 28.9 Å². The standard InChI is InChI=1S/C13H13BrCl2N2O/c1-2-18-13(10(14)7-17-18)12(19)5-8-3-4-9(15)6-11(8)16/h3-4,6-7,12,19H,2,5H2,1H3. The number of hydrogen-bond donors (Lipinski definition) is 1. The Labute approximate surface area is 130 Å². The maximum Gasteiger partial charge on any atom is 0.101 e. The van der Waals surface area contributed by atoms with E-state index in [2.05, 4.69) is 21.0 Å². The average Bonchev–Trinajstić information content (AvgIpc) is 2.74. The Morgan fingerprint density at radius 3 is 2.79 bits per heavy atom. The van der Waals surface area contributed by atoms with E-state index in [-0.39, 0.29) is 0 Å². The Bertz CT molecular complexity index is 586. The lowest BCUT2D eigenvalue weighted by Crippen LogP contribution is -2.11. The van der Waals surface area contributed by atoms with Crippen molar-refractivity contribution in [2.75, 3.05) is 0 Å². The van der Waals surface area contributed by atoms with Crippen LogP contribution in [0.3, 0.4) is 0 Å². The van der Waals surface area contributed by atoms with Crippen LogP contribution in [0.25, 0.3) is 0 Å². The van der Waals surface area contributed by atoms with Gasteiger partial charge in [-0.2, -0.15) is 5.10 Å². The number of hydrogen-bond acceptors (Lipinski definition) is 2. The molecule has 2 rings (SSSR count). The van der Waals surface area contributed by atoms with Gasteiger partial charge in [0.15, 0.2) is 0 Å². The second kappa shape index (κ2) is 6.27. The number of rotatable bonds is 4. The zero-order chi connectivity index (χ0) is 14.0. The smallest absolute Gasteiger partial charge is 0.101 e. The Morgan fingerprint density at radius 2 is 2.16 bits per heavy atom. The van der Waals surface area contributed by atoms with Gasteiger partial charge in [-0.1, -0.05) is 29.3 Å². The molecule has 0 aliphatic heterocycles. The minimum absolute atomic E-state index is 0.417. The Balaban J connectivity index is 2.25. The molecule has 102 valence electrons. The zero-order valence-corrected chi connectivity index (χ0v) is 13.4. The number of benzene rings is 1. The lowest BCUT2D eigenvalue weighted by molar-refractivity contribution is 0.166. The number of aryl methyl sites for hydroxylation is 1. The van der Waals surface area contributed by atoms with Gasteiger partial charge in [0.2, 0.25) is 0 Å². The molecule has 0 saturated carbocycles. The molecule has 1 N–H and O–H groups in total. The van der Waals surface area contributed by atoms with Crippen molar-refractivity contribution in [1.29, 1.82) is 0 Å². The highest BCUT2D eigenvalue weighted by Crippen LogP contribution is 2.29. The minimum Gasteiger partial charge on any atom is -0.386 e. The summed E-state index contributed by atoms with van der Waals surface area (Å²) >= 11 is 15.4. The normalized spacial score (nSPS) is 12.7. The minimum atomic E-state index is -0.671. The van der Waals surface area contributed by atoms with Crippen LogP contribution in [-0.2, 0) is 13.0 Å². The second-order valence-corrected chi connectivity index (χ2v) is 5.85. The molecule has 1 heterocycles. The molecule has 0 bridgehead atoms. The summed E-state index contributed by atoms with van der Waals surface area (Å²) in [6.07, 6.45) is 1.43. The number of halogens is 3. The summed E-state index contributed by atoms with van der Waals surface area (Å²) in [4.78, 5) is 0. The zero-order valence-electron chi connectivity index (χ0n) is 10.3. The van der Waals surface area contributed by atoms with Gasteiger partial charge in [0.1, 0.15) is 6.10 Å². The van der Waals surface area contributed by atoms with Crippen LogP contribution in [-0.4, -0.2) is 14.9 Å². The van der Waals surface area contributed by atoms with Gasteiger partial charge in [-0.25, -0.2) is 0 Å². The third-order valence-corrected chi connectivity index (χ3v) is 4.07. The van der Waals surface area contributed by atoms with Crippen molar-refractivity contribution in [3.63, 3.8) is 0 Å². The van der Waals surface area contributed by atoms with Gasteiger partial charge < -0.3 is 5.11 Å². The summed E-state index contributed by atoms with van der Waals surface area (Å²) in [5, 5.41) is 15.7. The predicted molar refractivity (Wildman–Crippen MR) is 80.7 cm³/mol. The number of nitrogens with zero attached hydrogens (tertiary/aromatic N) is 2. The molecule has 0 aliphatic rings. The molecule has 1 aromatic heterocycles. The van der Waals surface area contributed by atoms with Crippen LogP contribution < -0.4 is 0 Å². The van der Waals surface area contributed by atoms with Crippen molar-refractivity contribution >= 4 is 39.1 Å². The van der Waals surface area contributed by atoms with E-state index in [0.29, 0.717) is 23.0 Å². The number of aromatic nitrogens is 2. The molecule has 0 radical (unpaired) electrons. The molecule has 1 unspecified atom stereocenters. The highest BCUT2D eigenvalue weighted by Gasteiger charge is 2.18. The largest absolute Gasteiger partial charge is 0.386 e. The lowest BCUT2D eigenvalue weighted by Gasteiger charge is -2.14. The van der Waals surface area contributed by atoms with Crippen molar-refractivity contribution in [3.05, 3.63) is 50.2 Å². The van der Waals surface area contributed by atoms with Gasteiger partial charge in [-0.15, -0.1) is 0 Å². The van der Waals surface area contributed by atoms with Crippen LogP contribution >= 0.6 is 39.1 Å². The first kappa shape index (κ1) is 14.9. The van der Waals surface area contributed by atoms with Crippen LogP contribution in [0, 0.1) is 0 Å². The average molecular weight is 364 g/mol. The fourth-order valence-electron chi connectivity index (χ4n) is 1.95. The fraction of sp³-hybridized carbons (Fsp3) is 0.308. The van der Waals surface area contributed by atoms with Crippen LogP contribution in [0.2, 0.25) is 10.0 Å². The molecular formula is C13H13BrCl2N2O. The van der Waals surface area contributed by atoms with Gasteiger partial charge >= 0.3 is 0 Å². The van der Waals surface area contributed by atoms with Gasteiger partial charge in [0.05, 0.1) is 16.4 Å². The number of aliphatic hydroxyl groups excluding tert-OH is 1. The van der Waals surface area contributed by atoms with E-state index in [1.165, 1.54) is 0 Å². The third kappa shape index (κ3) is 3.31. The van der Waals surface area contributed by atoms with Gasteiger partial charge in [-0.05, 0) is 40.5 Å². The van der Waals surface area contributed by atoms with Crippen molar-refractivity contribution in [1.82, 2.24) is 9.78 Å². The van der Waals surface area contributed by atoms with Crippen molar-refractivity contribution < 1.29 is 5.11 Å². The maximum absolute atomic E-state index is 10.4. The first-order valence-corrected chi connectivity index (χ1v) is 7.41. The second-order valence-electron chi connectivity index (χ2n) is 4.15. The summed E-state index contributed by atoms with van der Waals surface area (Å²) in [5.74, 6) is 0. The summed E-state index contributed by atoms with van der Waals surface area (Å²) < 4.78 is 2.56. The van der Waals surface area contributed by atoms with Crippen molar-refractivity contribution in [2.24, 2.45) is 0 Å². The Kier molecular flexibility index (Phi) is 4.90. The van der Waals surface area contributed by atoms with Crippen LogP contribution in [0.1, 0.15) is 24.3 Å². The van der Waals surface area contributed by atoms with Gasteiger partial charge in [-0.3, -0.25) is 4.68 Å². The summed E-state index contributed by atoms with van der Waals surface area (Å²) in [6, 6.07) is 5.27. The van der Waals surface area contributed by atoms with Gasteiger partial charge in [0, 0.05) is 23.0 Å². The van der Waals surface area contributed by atoms with Crippen LogP contribution in [0.5, 0.6) is 0 Å². The molecule has 6 heteroatoms. The first-order valence-electron chi connectivity index (χ1n) is 5.86. The highest BCUT2D eigenvalue weighted by atomic mass is 79.9. The summed E-state index contributed by atoms with van der Waals surface area (Å²) in [5.41, 5.74) is 1.61. The monoisotopic (exact) mass is 362 g/mol. The molecule has 0 spiro atoms. The van der Waals surface area contributed by atoms with E-state index < -0.39 is 6.10 Å². The topological polar surface area (TPSA) is 38.0 Å². The van der Waals surface area contributed by atoms with E-state index in [1.807, 2.05) is 13.0 Å². The van der Waals surface area contributed by atoms with E-state index in [0.717, 1.165) is 15.7 Å². The molecule has 0 amide bonds. The van der Waals surface area contributed by atoms with Gasteiger partial charge in [0.25, 0.3) is 0 Å². The summed E-state index contributed by atoms with van der Waals surface area (Å²) in [7, 11) is 0. The molecule has 0 aliphatic carbocycles. The molecule has 1 atom stereocenters. The summed E-state index contributed by atoms with van der Waals surface area (Å²) in [6.45, 7) is 2.68. The van der Waals surface area contributed by atoms with E-state index in [4.69, 9.17) is 23.2 Å².